The minimum Gasteiger partial charge on any atom is -0.699 e. The lowest BCUT2D eigenvalue weighted by molar-refractivity contribution is 1.49. The number of nitrogens with one attached hydrogen (secondary N) is 2. The van der Waals surface area contributed by atoms with E-state index in [1.807, 2.05) is 6.92 Å². The Morgan fingerprint density at radius 2 is 1.44 bits per heavy atom. The van der Waals surface area contributed by atoms with Gasteiger partial charge in [0, 0.05) is 0 Å². The van der Waals surface area contributed by atoms with Crippen LogP contribution in [0.2, 0.25) is 0 Å². The first-order chi connectivity index (χ1) is 4.18. The van der Waals surface area contributed by atoms with Gasteiger partial charge in [0.15, 0.2) is 0 Å². The van der Waals surface area contributed by atoms with E-state index in [0.29, 0.717) is 11.4 Å². The molecule has 9 heavy (non-hydrogen) atoms. The summed E-state index contributed by atoms with van der Waals surface area (Å²) in [4.78, 5) is 0. The lowest BCUT2D eigenvalue weighted by atomic mass is 10.2. The van der Waals surface area contributed by atoms with Gasteiger partial charge in [0.25, 0.3) is 0 Å². The second-order valence-corrected chi connectivity index (χ2v) is 2.09. The van der Waals surface area contributed by atoms with Crippen molar-refractivity contribution < 1.29 is 0 Å². The number of aryl methyl sites for hydroxylation is 1. The predicted octanol–water partition coefficient (Wildman–Crippen LogP) is 3.36. The molecule has 2 nitrogen and oxygen atoms in total. The zero-order valence-electron chi connectivity index (χ0n) is 5.23. The van der Waals surface area contributed by atoms with E-state index >= 15 is 0 Å². The van der Waals surface area contributed by atoms with E-state index in [2.05, 4.69) is 0 Å². The van der Waals surface area contributed by atoms with Gasteiger partial charge in [-0.1, -0.05) is 23.8 Å². The van der Waals surface area contributed by atoms with Crippen LogP contribution in [0.25, 0.3) is 11.5 Å². The molecule has 0 aliphatic rings. The van der Waals surface area contributed by atoms with Gasteiger partial charge in [0.1, 0.15) is 0 Å². The summed E-state index contributed by atoms with van der Waals surface area (Å²) in [5, 5.41) is 0. The standard InChI is InChI=1S/C7H8N2/c1-5-2-6(8)4-7(9)3-5/h2-4,8-9H,1H3/q-2. The SMILES string of the molecule is Cc1cc([NH-])cc([NH-])c1. The van der Waals surface area contributed by atoms with E-state index in [4.69, 9.17) is 11.5 Å². The highest BCUT2D eigenvalue weighted by molar-refractivity contribution is 5.58. The zero-order chi connectivity index (χ0) is 6.85. The molecule has 0 bridgehead atoms. The summed E-state index contributed by atoms with van der Waals surface area (Å²) in [5.41, 5.74) is 16.1. The summed E-state index contributed by atoms with van der Waals surface area (Å²) in [6.07, 6.45) is 0. The van der Waals surface area contributed by atoms with Crippen LogP contribution in [0.1, 0.15) is 5.56 Å². The largest absolute Gasteiger partial charge is 0.699 e. The Morgan fingerprint density at radius 3 is 1.78 bits per heavy atom. The molecule has 0 atom stereocenters. The van der Waals surface area contributed by atoms with Crippen LogP contribution in [0.15, 0.2) is 18.2 Å². The Kier molecular flexibility index (Phi) is 1.30. The van der Waals surface area contributed by atoms with Crippen molar-refractivity contribution in [3.05, 3.63) is 35.2 Å². The van der Waals surface area contributed by atoms with Crippen molar-refractivity contribution in [3.63, 3.8) is 0 Å². The van der Waals surface area contributed by atoms with Crippen LogP contribution in [0.4, 0.5) is 11.4 Å². The van der Waals surface area contributed by atoms with Crippen molar-refractivity contribution in [3.8, 4) is 0 Å². The molecule has 0 heterocycles. The van der Waals surface area contributed by atoms with E-state index in [1.54, 1.807) is 12.1 Å². The predicted molar refractivity (Wildman–Crippen MR) is 39.1 cm³/mol. The monoisotopic (exact) mass is 120 g/mol. The second kappa shape index (κ2) is 1.97. The summed E-state index contributed by atoms with van der Waals surface area (Å²) in [5.74, 6) is 0. The van der Waals surface area contributed by atoms with Crippen molar-refractivity contribution >= 4 is 11.4 Å². The molecule has 1 aromatic rings. The van der Waals surface area contributed by atoms with Crippen LogP contribution in [0.5, 0.6) is 0 Å². The minimum absolute atomic E-state index is 0.417. The van der Waals surface area contributed by atoms with Crippen LogP contribution in [0.3, 0.4) is 0 Å². The highest BCUT2D eigenvalue weighted by atomic mass is 14.6. The first kappa shape index (κ1) is 5.95. The molecule has 0 aromatic heterocycles. The van der Waals surface area contributed by atoms with Gasteiger partial charge in [-0.3, -0.25) is 0 Å². The van der Waals surface area contributed by atoms with E-state index in [1.165, 1.54) is 6.07 Å². The maximum absolute atomic E-state index is 7.16. The Hall–Kier alpha value is -1.18. The molecule has 0 amide bonds. The molecule has 0 saturated heterocycles. The van der Waals surface area contributed by atoms with Gasteiger partial charge < -0.3 is 11.5 Å². The normalized spacial score (nSPS) is 9.44. The molecule has 0 fully saturated rings. The summed E-state index contributed by atoms with van der Waals surface area (Å²) in [7, 11) is 0. The smallest absolute Gasteiger partial charge is 0.0399 e. The molecular formula is C7H8N2-2. The second-order valence-electron chi connectivity index (χ2n) is 2.09. The van der Waals surface area contributed by atoms with E-state index in [-0.39, 0.29) is 0 Å². The number of benzene rings is 1. The van der Waals surface area contributed by atoms with Crippen LogP contribution < -0.4 is 0 Å². The molecule has 0 aliphatic heterocycles. The van der Waals surface area contributed by atoms with Crippen LogP contribution >= 0.6 is 0 Å². The van der Waals surface area contributed by atoms with Crippen molar-refractivity contribution in [1.82, 2.24) is 0 Å². The Labute approximate surface area is 54.5 Å². The molecule has 2 heteroatoms. The zero-order valence-corrected chi connectivity index (χ0v) is 5.23. The van der Waals surface area contributed by atoms with Crippen LogP contribution in [-0.4, -0.2) is 0 Å². The average molecular weight is 120 g/mol. The van der Waals surface area contributed by atoms with Gasteiger partial charge in [-0.05, 0) is 6.92 Å². The third-order valence-electron chi connectivity index (χ3n) is 1.08. The van der Waals surface area contributed by atoms with Gasteiger partial charge in [-0.15, -0.1) is 11.4 Å². The Morgan fingerprint density at radius 1 is 1.00 bits per heavy atom. The maximum Gasteiger partial charge on any atom is -0.0399 e. The highest BCUT2D eigenvalue weighted by Gasteiger charge is 1.79. The minimum atomic E-state index is 0.417. The quantitative estimate of drug-likeness (QED) is 0.504. The van der Waals surface area contributed by atoms with Crippen molar-refractivity contribution in [2.45, 2.75) is 6.92 Å². The van der Waals surface area contributed by atoms with Crippen LogP contribution in [0, 0.1) is 6.92 Å². The Bertz CT molecular complexity index is 168. The fourth-order valence-corrected chi connectivity index (χ4v) is 0.783. The van der Waals surface area contributed by atoms with Gasteiger partial charge in [0.2, 0.25) is 0 Å². The molecular weight excluding hydrogens is 112 g/mol. The van der Waals surface area contributed by atoms with E-state index < -0.39 is 0 Å². The fourth-order valence-electron chi connectivity index (χ4n) is 0.783. The van der Waals surface area contributed by atoms with Crippen molar-refractivity contribution in [1.29, 1.82) is 0 Å². The van der Waals surface area contributed by atoms with Gasteiger partial charge >= 0.3 is 0 Å². The number of rotatable bonds is 0. The van der Waals surface area contributed by atoms with Crippen LogP contribution in [-0.2, 0) is 0 Å². The first-order valence-corrected chi connectivity index (χ1v) is 2.73. The van der Waals surface area contributed by atoms with Gasteiger partial charge in [-0.2, -0.15) is 0 Å². The van der Waals surface area contributed by atoms with E-state index in [0.717, 1.165) is 5.56 Å². The molecule has 0 saturated carbocycles. The molecule has 0 aliphatic carbocycles. The van der Waals surface area contributed by atoms with Gasteiger partial charge in [0.05, 0.1) is 0 Å². The maximum atomic E-state index is 7.16. The van der Waals surface area contributed by atoms with Gasteiger partial charge in [-0.25, -0.2) is 0 Å². The number of hydrogen-bond acceptors (Lipinski definition) is 0. The summed E-state index contributed by atoms with van der Waals surface area (Å²) < 4.78 is 0. The first-order valence-electron chi connectivity index (χ1n) is 2.73. The molecule has 48 valence electrons. The average Bonchev–Trinajstić information content (AvgIpc) is 1.59. The molecule has 0 radical (unpaired) electrons. The number of hydrogen-bond donors (Lipinski definition) is 0. The topological polar surface area (TPSA) is 47.6 Å². The third kappa shape index (κ3) is 1.35. The molecule has 0 unspecified atom stereocenters. The third-order valence-corrected chi connectivity index (χ3v) is 1.08. The highest BCUT2D eigenvalue weighted by Crippen LogP contribution is 2.20. The molecule has 1 aromatic carbocycles. The summed E-state index contributed by atoms with van der Waals surface area (Å²) in [6.45, 7) is 1.88. The summed E-state index contributed by atoms with van der Waals surface area (Å²) in [6, 6.07) is 4.99. The molecule has 1 rings (SSSR count). The van der Waals surface area contributed by atoms with Crippen molar-refractivity contribution in [2.24, 2.45) is 0 Å². The molecule has 2 N–H and O–H groups in total. The van der Waals surface area contributed by atoms with Crippen molar-refractivity contribution in [2.75, 3.05) is 0 Å². The molecule has 0 spiro atoms. The lowest BCUT2D eigenvalue weighted by Gasteiger charge is -2.09. The van der Waals surface area contributed by atoms with E-state index in [9.17, 15) is 0 Å². The fraction of sp³-hybridized carbons (Fsp3) is 0.143. The Balaban J connectivity index is 3.17. The summed E-state index contributed by atoms with van der Waals surface area (Å²) >= 11 is 0. The lowest BCUT2D eigenvalue weighted by Crippen LogP contribution is -1.67.